The minimum Gasteiger partial charge on any atom is -0.480 e. The van der Waals surface area contributed by atoms with E-state index in [0.717, 1.165) is 0 Å². The Balaban J connectivity index is 4.35. The Labute approximate surface area is 177 Å². The fourth-order valence-corrected chi connectivity index (χ4v) is 2.90. The molecule has 0 aliphatic heterocycles. The van der Waals surface area contributed by atoms with Crippen LogP contribution in [0.4, 0.5) is 0 Å². The maximum absolute atomic E-state index is 12.0. The number of carboxylic acids is 2. The first-order valence-corrected chi connectivity index (χ1v) is 10.3. The van der Waals surface area contributed by atoms with Gasteiger partial charge in [-0.2, -0.15) is 0 Å². The number of ketones is 1. The first kappa shape index (κ1) is 27.5. The fraction of sp³-hybridized carbons (Fsp3) is 0.762. The Morgan fingerprint density at radius 1 is 0.667 bits per heavy atom. The number of carbonyl (C=O) groups excluding carboxylic acids is 3. The quantitative estimate of drug-likeness (QED) is 0.214. The Bertz CT molecular complexity index is 576. The highest BCUT2D eigenvalue weighted by Crippen LogP contribution is 2.28. The standard InChI is InChI=1S/C21H34O9/c1-5-29-18(27)20(3,16(23)24)13-9-7-11-15(22)12-8-10-14-21(4,17(25)26)19(28)30-6-2/h5-14H2,1-4H3,(H,23,24)(H,25,26). The van der Waals surface area contributed by atoms with E-state index < -0.39 is 34.7 Å². The number of rotatable bonds is 16. The highest BCUT2D eigenvalue weighted by molar-refractivity contribution is 5.99. The molecule has 9 heteroatoms. The third kappa shape index (κ3) is 8.12. The molecule has 0 bridgehead atoms. The molecule has 0 saturated carbocycles. The summed E-state index contributed by atoms with van der Waals surface area (Å²) in [6.45, 7) is 6.03. The summed E-state index contributed by atoms with van der Waals surface area (Å²) in [6, 6.07) is 0. The van der Waals surface area contributed by atoms with Crippen molar-refractivity contribution in [3.63, 3.8) is 0 Å². The molecule has 0 spiro atoms. The number of hydrogen-bond acceptors (Lipinski definition) is 7. The van der Waals surface area contributed by atoms with Gasteiger partial charge in [0.2, 0.25) is 0 Å². The Kier molecular flexibility index (Phi) is 11.9. The second kappa shape index (κ2) is 13.0. The molecule has 0 aliphatic carbocycles. The van der Waals surface area contributed by atoms with Gasteiger partial charge in [-0.25, -0.2) is 0 Å². The predicted octanol–water partition coefficient (Wildman–Crippen LogP) is 2.98. The molecule has 2 unspecified atom stereocenters. The maximum atomic E-state index is 12.0. The van der Waals surface area contributed by atoms with Gasteiger partial charge in [-0.3, -0.25) is 24.0 Å². The molecule has 0 heterocycles. The lowest BCUT2D eigenvalue weighted by molar-refractivity contribution is -0.169. The van der Waals surface area contributed by atoms with Crippen molar-refractivity contribution in [1.82, 2.24) is 0 Å². The average Bonchev–Trinajstić information content (AvgIpc) is 2.68. The lowest BCUT2D eigenvalue weighted by atomic mass is 9.84. The zero-order valence-corrected chi connectivity index (χ0v) is 18.3. The second-order valence-corrected chi connectivity index (χ2v) is 7.67. The molecule has 0 aromatic heterocycles. The zero-order valence-electron chi connectivity index (χ0n) is 18.3. The van der Waals surface area contributed by atoms with Gasteiger partial charge in [0.25, 0.3) is 0 Å². The maximum Gasteiger partial charge on any atom is 0.323 e. The molecule has 0 aromatic carbocycles. The highest BCUT2D eigenvalue weighted by atomic mass is 16.5. The molecule has 0 aromatic rings. The van der Waals surface area contributed by atoms with E-state index in [-0.39, 0.29) is 44.7 Å². The minimum atomic E-state index is -1.63. The number of aliphatic carboxylic acids is 2. The van der Waals surface area contributed by atoms with E-state index in [0.29, 0.717) is 25.7 Å². The summed E-state index contributed by atoms with van der Waals surface area (Å²) in [6.07, 6.45) is 2.28. The zero-order chi connectivity index (χ0) is 23.4. The molecular weight excluding hydrogens is 396 g/mol. The van der Waals surface area contributed by atoms with Gasteiger partial charge in [-0.1, -0.05) is 12.8 Å². The van der Waals surface area contributed by atoms with E-state index in [9.17, 15) is 34.2 Å². The van der Waals surface area contributed by atoms with Crippen molar-refractivity contribution in [2.24, 2.45) is 10.8 Å². The van der Waals surface area contributed by atoms with Crippen molar-refractivity contribution in [3.8, 4) is 0 Å². The topological polar surface area (TPSA) is 144 Å². The summed E-state index contributed by atoms with van der Waals surface area (Å²) in [4.78, 5) is 58.6. The molecule has 0 amide bonds. The monoisotopic (exact) mass is 430 g/mol. The molecular formula is C21H34O9. The highest BCUT2D eigenvalue weighted by Gasteiger charge is 2.43. The van der Waals surface area contributed by atoms with Gasteiger partial charge in [0.1, 0.15) is 5.78 Å². The summed E-state index contributed by atoms with van der Waals surface area (Å²) in [5.41, 5.74) is -3.26. The van der Waals surface area contributed by atoms with Crippen LogP contribution in [0.25, 0.3) is 0 Å². The van der Waals surface area contributed by atoms with Crippen LogP contribution in [0.15, 0.2) is 0 Å². The lowest BCUT2D eigenvalue weighted by Crippen LogP contribution is -2.38. The molecule has 9 nitrogen and oxygen atoms in total. The van der Waals surface area contributed by atoms with Crippen LogP contribution in [-0.4, -0.2) is 53.1 Å². The summed E-state index contributed by atoms with van der Waals surface area (Å²) < 4.78 is 9.65. The average molecular weight is 430 g/mol. The molecule has 0 radical (unpaired) electrons. The van der Waals surface area contributed by atoms with Gasteiger partial charge in [-0.15, -0.1) is 0 Å². The number of esters is 2. The van der Waals surface area contributed by atoms with Crippen LogP contribution in [0.1, 0.15) is 79.1 Å². The van der Waals surface area contributed by atoms with Crippen LogP contribution < -0.4 is 0 Å². The van der Waals surface area contributed by atoms with E-state index in [1.54, 1.807) is 13.8 Å². The minimum absolute atomic E-state index is 0.0312. The number of hydrogen-bond donors (Lipinski definition) is 2. The number of unbranched alkanes of at least 4 members (excludes halogenated alkanes) is 2. The van der Waals surface area contributed by atoms with Crippen LogP contribution in [0.5, 0.6) is 0 Å². The van der Waals surface area contributed by atoms with Crippen LogP contribution in [0.3, 0.4) is 0 Å². The Hall–Kier alpha value is -2.45. The smallest absolute Gasteiger partial charge is 0.323 e. The SMILES string of the molecule is CCOC(=O)C(C)(CCCCC(=O)CCCCC(C)(C(=O)O)C(=O)OCC)C(=O)O. The molecule has 30 heavy (non-hydrogen) atoms. The molecule has 0 aliphatic rings. The van der Waals surface area contributed by atoms with Crippen LogP contribution in [0.2, 0.25) is 0 Å². The summed E-state index contributed by atoms with van der Waals surface area (Å²) in [7, 11) is 0. The van der Waals surface area contributed by atoms with Crippen LogP contribution in [-0.2, 0) is 33.4 Å². The molecule has 172 valence electrons. The normalized spacial score (nSPS) is 14.8. The van der Waals surface area contributed by atoms with E-state index in [2.05, 4.69) is 0 Å². The van der Waals surface area contributed by atoms with Gasteiger partial charge in [0.15, 0.2) is 10.8 Å². The largest absolute Gasteiger partial charge is 0.480 e. The Morgan fingerprint density at radius 2 is 1.00 bits per heavy atom. The van der Waals surface area contributed by atoms with Gasteiger partial charge in [-0.05, 0) is 53.4 Å². The van der Waals surface area contributed by atoms with Crippen molar-refractivity contribution >= 4 is 29.7 Å². The lowest BCUT2D eigenvalue weighted by Gasteiger charge is -2.22. The van der Waals surface area contributed by atoms with Crippen molar-refractivity contribution in [2.75, 3.05) is 13.2 Å². The number of carboxylic acid groups (broad SMARTS) is 2. The van der Waals surface area contributed by atoms with E-state index >= 15 is 0 Å². The van der Waals surface area contributed by atoms with E-state index in [1.807, 2.05) is 0 Å². The van der Waals surface area contributed by atoms with Crippen molar-refractivity contribution in [3.05, 3.63) is 0 Å². The molecule has 0 saturated heterocycles. The third-order valence-corrected chi connectivity index (χ3v) is 5.16. The number of carbonyl (C=O) groups is 5. The van der Waals surface area contributed by atoms with E-state index in [4.69, 9.17) is 9.47 Å². The van der Waals surface area contributed by atoms with Crippen molar-refractivity contribution < 1.29 is 43.7 Å². The van der Waals surface area contributed by atoms with Gasteiger partial charge in [0, 0.05) is 12.8 Å². The molecule has 0 fully saturated rings. The second-order valence-electron chi connectivity index (χ2n) is 7.67. The van der Waals surface area contributed by atoms with Gasteiger partial charge < -0.3 is 19.7 Å². The summed E-state index contributed by atoms with van der Waals surface area (Å²) in [5.74, 6) is -4.11. The number of Topliss-reactive ketones (excluding diaryl/α,β-unsaturated/α-hetero) is 1. The van der Waals surface area contributed by atoms with Crippen LogP contribution in [0, 0.1) is 10.8 Å². The molecule has 0 rings (SSSR count). The van der Waals surface area contributed by atoms with Gasteiger partial charge in [0.05, 0.1) is 13.2 Å². The molecule has 2 atom stereocenters. The van der Waals surface area contributed by atoms with E-state index in [1.165, 1.54) is 13.8 Å². The molecule has 2 N–H and O–H groups in total. The first-order chi connectivity index (χ1) is 14.0. The van der Waals surface area contributed by atoms with Gasteiger partial charge >= 0.3 is 23.9 Å². The van der Waals surface area contributed by atoms with Crippen molar-refractivity contribution in [2.45, 2.75) is 79.1 Å². The first-order valence-electron chi connectivity index (χ1n) is 10.3. The summed E-state index contributed by atoms with van der Waals surface area (Å²) >= 11 is 0. The Morgan fingerprint density at radius 3 is 1.27 bits per heavy atom. The third-order valence-electron chi connectivity index (χ3n) is 5.16. The fourth-order valence-electron chi connectivity index (χ4n) is 2.90. The van der Waals surface area contributed by atoms with Crippen molar-refractivity contribution in [1.29, 1.82) is 0 Å². The van der Waals surface area contributed by atoms with Crippen LogP contribution >= 0.6 is 0 Å². The summed E-state index contributed by atoms with van der Waals surface area (Å²) in [5, 5.41) is 18.6. The number of ether oxygens (including phenoxy) is 2. The predicted molar refractivity (Wildman–Crippen MR) is 107 cm³/mol.